The molecule has 3 aliphatic rings. The van der Waals surface area contributed by atoms with Crippen molar-refractivity contribution >= 4 is 17.4 Å². The summed E-state index contributed by atoms with van der Waals surface area (Å²) < 4.78 is 0. The number of carbonyl (C=O) groups is 1. The van der Waals surface area contributed by atoms with E-state index in [9.17, 15) is 14.9 Å². The van der Waals surface area contributed by atoms with E-state index in [0.29, 0.717) is 11.9 Å². The predicted octanol–water partition coefficient (Wildman–Crippen LogP) is 0.373. The number of hydrogen-bond donors (Lipinski definition) is 1. The van der Waals surface area contributed by atoms with Gasteiger partial charge in [0, 0.05) is 38.3 Å². The minimum absolute atomic E-state index is 0.0795. The maximum atomic E-state index is 11.5. The van der Waals surface area contributed by atoms with Gasteiger partial charge in [-0.3, -0.25) is 14.9 Å². The second kappa shape index (κ2) is 5.28. The number of amides is 1. The van der Waals surface area contributed by atoms with Gasteiger partial charge in [0.1, 0.15) is 17.6 Å². The first-order chi connectivity index (χ1) is 10.1. The summed E-state index contributed by atoms with van der Waals surface area (Å²) in [7, 11) is 0. The smallest absolute Gasteiger partial charge is 0.300 e. The first-order valence-corrected chi connectivity index (χ1v) is 6.99. The Bertz CT molecular complexity index is 583. The molecule has 2 N–H and O–H groups in total. The highest BCUT2D eigenvalue weighted by atomic mass is 16.6. The molecule has 0 atom stereocenters. The fraction of sp³-hybridized carbons (Fsp3) is 0.538. The van der Waals surface area contributed by atoms with Gasteiger partial charge in [-0.1, -0.05) is 0 Å². The third kappa shape index (κ3) is 2.54. The van der Waals surface area contributed by atoms with E-state index in [1.807, 2.05) is 0 Å². The SMILES string of the molecule is NC(=O)c1cc(N2CCN3CCC2CC3)ncc1[N+](=O)[O-]. The number of primary amides is 1. The summed E-state index contributed by atoms with van der Waals surface area (Å²) in [5, 5.41) is 10.9. The van der Waals surface area contributed by atoms with Gasteiger partial charge in [0.2, 0.25) is 0 Å². The Hall–Kier alpha value is -2.22. The maximum Gasteiger partial charge on any atom is 0.300 e. The van der Waals surface area contributed by atoms with Crippen molar-refractivity contribution < 1.29 is 9.72 Å². The standard InChI is InChI=1S/C13H17N5O3/c14-13(19)10-7-12(15-8-11(10)18(20)21)17-6-5-16-3-1-9(17)2-4-16/h7-9H,1-6H2,(H2,14,19). The summed E-state index contributed by atoms with van der Waals surface area (Å²) in [4.78, 5) is 30.5. The normalized spacial score (nSPS) is 24.7. The van der Waals surface area contributed by atoms with Crippen molar-refractivity contribution in [1.29, 1.82) is 0 Å². The molecule has 1 amide bonds. The van der Waals surface area contributed by atoms with E-state index in [1.54, 1.807) is 0 Å². The minimum Gasteiger partial charge on any atom is -0.365 e. The molecule has 0 spiro atoms. The van der Waals surface area contributed by atoms with Crippen LogP contribution >= 0.6 is 0 Å². The van der Waals surface area contributed by atoms with Crippen molar-refractivity contribution in [2.75, 3.05) is 31.1 Å². The molecule has 3 fully saturated rings. The molecule has 8 heteroatoms. The second-order valence-electron chi connectivity index (χ2n) is 5.45. The summed E-state index contributed by atoms with van der Waals surface area (Å²) in [6, 6.07) is 1.83. The number of rotatable bonds is 3. The molecule has 2 bridgehead atoms. The zero-order valence-electron chi connectivity index (χ0n) is 11.6. The van der Waals surface area contributed by atoms with Gasteiger partial charge in [-0.25, -0.2) is 4.98 Å². The molecule has 4 rings (SSSR count). The third-order valence-corrected chi connectivity index (χ3v) is 4.28. The average molecular weight is 291 g/mol. The highest BCUT2D eigenvalue weighted by Crippen LogP contribution is 2.28. The lowest BCUT2D eigenvalue weighted by atomic mass is 10.0. The van der Waals surface area contributed by atoms with Crippen LogP contribution in [0.1, 0.15) is 23.2 Å². The van der Waals surface area contributed by atoms with Crippen molar-refractivity contribution in [3.8, 4) is 0 Å². The lowest BCUT2D eigenvalue weighted by Crippen LogP contribution is -2.38. The quantitative estimate of drug-likeness (QED) is 0.637. The predicted molar refractivity (Wildman–Crippen MR) is 76.2 cm³/mol. The van der Waals surface area contributed by atoms with Crippen LogP contribution in [-0.4, -0.2) is 52.9 Å². The molecule has 0 unspecified atom stereocenters. The first-order valence-electron chi connectivity index (χ1n) is 6.99. The Balaban J connectivity index is 1.97. The van der Waals surface area contributed by atoms with Gasteiger partial charge in [-0.2, -0.15) is 0 Å². The van der Waals surface area contributed by atoms with Gasteiger partial charge in [-0.15, -0.1) is 0 Å². The van der Waals surface area contributed by atoms with E-state index in [-0.39, 0.29) is 11.3 Å². The number of pyridine rings is 1. The number of fused-ring (bicyclic) bond motifs is 4. The Morgan fingerprint density at radius 3 is 2.67 bits per heavy atom. The van der Waals surface area contributed by atoms with Crippen LogP contribution in [0.5, 0.6) is 0 Å². The van der Waals surface area contributed by atoms with Crippen LogP contribution in [0.4, 0.5) is 11.5 Å². The third-order valence-electron chi connectivity index (χ3n) is 4.28. The van der Waals surface area contributed by atoms with Crippen LogP contribution in [-0.2, 0) is 0 Å². The second-order valence-corrected chi connectivity index (χ2v) is 5.45. The molecule has 8 nitrogen and oxygen atoms in total. The van der Waals surface area contributed by atoms with Crippen molar-refractivity contribution in [1.82, 2.24) is 9.88 Å². The lowest BCUT2D eigenvalue weighted by molar-refractivity contribution is -0.385. The van der Waals surface area contributed by atoms with Crippen LogP contribution in [0.3, 0.4) is 0 Å². The highest BCUT2D eigenvalue weighted by molar-refractivity contribution is 5.97. The number of nitro groups is 1. The van der Waals surface area contributed by atoms with E-state index in [2.05, 4.69) is 14.8 Å². The van der Waals surface area contributed by atoms with Gasteiger partial charge in [-0.05, 0) is 12.8 Å². The maximum absolute atomic E-state index is 11.5. The summed E-state index contributed by atoms with van der Waals surface area (Å²) in [6.45, 7) is 3.89. The Morgan fingerprint density at radius 1 is 1.33 bits per heavy atom. The van der Waals surface area contributed by atoms with Crippen LogP contribution < -0.4 is 10.6 Å². The van der Waals surface area contributed by atoms with E-state index < -0.39 is 10.8 Å². The molecule has 0 saturated carbocycles. The number of piperidine rings is 1. The summed E-state index contributed by atoms with van der Waals surface area (Å²) in [5.74, 6) is -0.198. The van der Waals surface area contributed by atoms with Gasteiger partial charge in [0.15, 0.2) is 0 Å². The lowest BCUT2D eigenvalue weighted by Gasteiger charge is -2.32. The van der Waals surface area contributed by atoms with Crippen molar-refractivity contribution in [3.63, 3.8) is 0 Å². The largest absolute Gasteiger partial charge is 0.365 e. The molecule has 1 aromatic heterocycles. The van der Waals surface area contributed by atoms with Crippen LogP contribution in [0.25, 0.3) is 0 Å². The first kappa shape index (κ1) is 13.7. The molecule has 21 heavy (non-hydrogen) atoms. The Kier molecular flexibility index (Phi) is 3.46. The van der Waals surface area contributed by atoms with E-state index in [1.165, 1.54) is 6.07 Å². The fourth-order valence-corrected chi connectivity index (χ4v) is 3.12. The fourth-order valence-electron chi connectivity index (χ4n) is 3.12. The molecule has 0 aliphatic carbocycles. The summed E-state index contributed by atoms with van der Waals surface area (Å²) in [5.41, 5.74) is 4.84. The number of hydrogen-bond acceptors (Lipinski definition) is 6. The molecule has 0 radical (unpaired) electrons. The molecule has 4 heterocycles. The number of aromatic nitrogens is 1. The molecule has 0 aromatic carbocycles. The Labute approximate surface area is 121 Å². The van der Waals surface area contributed by atoms with E-state index in [0.717, 1.165) is 45.2 Å². The van der Waals surface area contributed by atoms with Gasteiger partial charge >= 0.3 is 0 Å². The minimum atomic E-state index is -0.798. The van der Waals surface area contributed by atoms with Crippen LogP contribution in [0.2, 0.25) is 0 Å². The Morgan fingerprint density at radius 2 is 2.05 bits per heavy atom. The molecule has 3 saturated heterocycles. The zero-order chi connectivity index (χ0) is 15.0. The van der Waals surface area contributed by atoms with Crippen LogP contribution in [0, 0.1) is 10.1 Å². The summed E-state index contributed by atoms with van der Waals surface area (Å²) >= 11 is 0. The van der Waals surface area contributed by atoms with E-state index in [4.69, 9.17) is 5.73 Å². The van der Waals surface area contributed by atoms with E-state index >= 15 is 0 Å². The number of anilines is 1. The van der Waals surface area contributed by atoms with Crippen molar-refractivity contribution in [2.45, 2.75) is 18.9 Å². The number of nitrogens with two attached hydrogens (primary N) is 1. The van der Waals surface area contributed by atoms with Crippen molar-refractivity contribution in [2.24, 2.45) is 5.73 Å². The topological polar surface area (TPSA) is 106 Å². The molecule has 3 aliphatic heterocycles. The van der Waals surface area contributed by atoms with Gasteiger partial charge in [0.25, 0.3) is 11.6 Å². The molecular formula is C13H17N5O3. The summed E-state index contributed by atoms with van der Waals surface area (Å²) in [6.07, 6.45) is 3.22. The van der Waals surface area contributed by atoms with Crippen molar-refractivity contribution in [3.05, 3.63) is 27.9 Å². The monoisotopic (exact) mass is 291 g/mol. The van der Waals surface area contributed by atoms with Gasteiger partial charge in [0.05, 0.1) is 4.92 Å². The zero-order valence-corrected chi connectivity index (χ0v) is 11.6. The number of carbonyl (C=O) groups excluding carboxylic acids is 1. The highest BCUT2D eigenvalue weighted by Gasteiger charge is 2.31. The van der Waals surface area contributed by atoms with Crippen LogP contribution in [0.15, 0.2) is 12.3 Å². The molecular weight excluding hydrogens is 274 g/mol. The van der Waals surface area contributed by atoms with Gasteiger partial charge < -0.3 is 15.5 Å². The molecule has 112 valence electrons. The number of nitrogens with zero attached hydrogens (tertiary/aromatic N) is 4. The molecule has 1 aromatic rings. The average Bonchev–Trinajstić information content (AvgIpc) is 2.80.